The van der Waals surface area contributed by atoms with Crippen molar-refractivity contribution in [3.05, 3.63) is 29.3 Å². The van der Waals surface area contributed by atoms with Crippen LogP contribution in [0.3, 0.4) is 0 Å². The second-order valence-electron chi connectivity index (χ2n) is 4.39. The van der Waals surface area contributed by atoms with Crippen LogP contribution in [0.25, 0.3) is 0 Å². The predicted molar refractivity (Wildman–Crippen MR) is 79.8 cm³/mol. The van der Waals surface area contributed by atoms with Gasteiger partial charge in [0.15, 0.2) is 5.13 Å². The SMILES string of the molecule is CCN(C(C)=O)c1nc(CNCCc2cnc[nH]2)cs1. The first-order valence-corrected chi connectivity index (χ1v) is 7.49. The van der Waals surface area contributed by atoms with Crippen molar-refractivity contribution < 1.29 is 4.79 Å². The fourth-order valence-electron chi connectivity index (χ4n) is 1.85. The van der Waals surface area contributed by atoms with E-state index < -0.39 is 0 Å². The molecule has 0 aliphatic carbocycles. The number of hydrogen-bond acceptors (Lipinski definition) is 5. The summed E-state index contributed by atoms with van der Waals surface area (Å²) in [5.74, 6) is 0.0283. The average molecular weight is 293 g/mol. The number of rotatable bonds is 7. The number of carbonyl (C=O) groups excluding carboxylic acids is 1. The van der Waals surface area contributed by atoms with Crippen LogP contribution in [0.5, 0.6) is 0 Å². The van der Waals surface area contributed by atoms with Gasteiger partial charge in [0.25, 0.3) is 0 Å². The summed E-state index contributed by atoms with van der Waals surface area (Å²) in [4.78, 5) is 24.6. The summed E-state index contributed by atoms with van der Waals surface area (Å²) in [6.45, 7) is 5.73. The Morgan fingerprint density at radius 1 is 1.55 bits per heavy atom. The Kier molecular flexibility index (Phi) is 5.25. The molecule has 0 radical (unpaired) electrons. The zero-order chi connectivity index (χ0) is 14.4. The highest BCUT2D eigenvalue weighted by Gasteiger charge is 2.12. The molecule has 2 heterocycles. The molecule has 0 fully saturated rings. The molecule has 0 bridgehead atoms. The number of H-pyrrole nitrogens is 1. The lowest BCUT2D eigenvalue weighted by Crippen LogP contribution is -2.27. The Morgan fingerprint density at radius 3 is 3.05 bits per heavy atom. The molecule has 7 heteroatoms. The van der Waals surface area contributed by atoms with Crippen LogP contribution < -0.4 is 10.2 Å². The third-order valence-corrected chi connectivity index (χ3v) is 3.81. The van der Waals surface area contributed by atoms with Gasteiger partial charge in [-0.25, -0.2) is 9.97 Å². The molecule has 108 valence electrons. The highest BCUT2D eigenvalue weighted by atomic mass is 32.1. The van der Waals surface area contributed by atoms with E-state index in [1.807, 2.05) is 18.5 Å². The van der Waals surface area contributed by atoms with E-state index >= 15 is 0 Å². The van der Waals surface area contributed by atoms with Gasteiger partial charge in [-0.15, -0.1) is 11.3 Å². The molecular weight excluding hydrogens is 274 g/mol. The molecule has 0 unspecified atom stereocenters. The number of nitrogens with one attached hydrogen (secondary N) is 2. The Labute approximate surface area is 122 Å². The van der Waals surface area contributed by atoms with Gasteiger partial charge in [-0.05, 0) is 6.92 Å². The average Bonchev–Trinajstić information content (AvgIpc) is 3.06. The zero-order valence-corrected chi connectivity index (χ0v) is 12.5. The maximum atomic E-state index is 11.4. The normalized spacial score (nSPS) is 10.7. The molecule has 0 aliphatic rings. The van der Waals surface area contributed by atoms with E-state index in [9.17, 15) is 4.79 Å². The van der Waals surface area contributed by atoms with Gasteiger partial charge >= 0.3 is 0 Å². The molecule has 6 nitrogen and oxygen atoms in total. The van der Waals surface area contributed by atoms with Crippen molar-refractivity contribution in [2.75, 3.05) is 18.0 Å². The van der Waals surface area contributed by atoms with Crippen LogP contribution in [-0.2, 0) is 17.8 Å². The van der Waals surface area contributed by atoms with Gasteiger partial charge < -0.3 is 10.3 Å². The second-order valence-corrected chi connectivity index (χ2v) is 5.22. The van der Waals surface area contributed by atoms with Crippen LogP contribution in [0, 0.1) is 0 Å². The first-order chi connectivity index (χ1) is 9.70. The van der Waals surface area contributed by atoms with E-state index in [-0.39, 0.29) is 5.91 Å². The van der Waals surface area contributed by atoms with Crippen molar-refractivity contribution in [1.82, 2.24) is 20.3 Å². The molecule has 20 heavy (non-hydrogen) atoms. The van der Waals surface area contributed by atoms with Crippen LogP contribution in [0.2, 0.25) is 0 Å². The topological polar surface area (TPSA) is 73.9 Å². The summed E-state index contributed by atoms with van der Waals surface area (Å²) in [5.41, 5.74) is 2.08. The van der Waals surface area contributed by atoms with Crippen LogP contribution in [0.1, 0.15) is 25.2 Å². The lowest BCUT2D eigenvalue weighted by atomic mass is 10.3. The largest absolute Gasteiger partial charge is 0.348 e. The number of amides is 1. The maximum Gasteiger partial charge on any atom is 0.225 e. The van der Waals surface area contributed by atoms with Crippen molar-refractivity contribution in [2.24, 2.45) is 0 Å². The summed E-state index contributed by atoms with van der Waals surface area (Å²) in [6, 6.07) is 0. The number of carbonyl (C=O) groups is 1. The number of aromatic amines is 1. The molecule has 2 N–H and O–H groups in total. The van der Waals surface area contributed by atoms with E-state index in [1.54, 1.807) is 18.2 Å². The minimum atomic E-state index is 0.0283. The fraction of sp³-hybridized carbons (Fsp3) is 0.462. The highest BCUT2D eigenvalue weighted by molar-refractivity contribution is 7.14. The third kappa shape index (κ3) is 3.88. The van der Waals surface area contributed by atoms with Crippen molar-refractivity contribution in [2.45, 2.75) is 26.8 Å². The van der Waals surface area contributed by atoms with Gasteiger partial charge in [-0.1, -0.05) is 0 Å². The van der Waals surface area contributed by atoms with Crippen molar-refractivity contribution in [3.8, 4) is 0 Å². The number of nitrogens with zero attached hydrogens (tertiary/aromatic N) is 3. The van der Waals surface area contributed by atoms with Gasteiger partial charge in [0.1, 0.15) is 0 Å². The summed E-state index contributed by atoms with van der Waals surface area (Å²) < 4.78 is 0. The standard InChI is InChI=1S/C13H19N5OS/c1-3-18(10(2)19)13-17-12(8-20-13)7-14-5-4-11-6-15-9-16-11/h6,8-9,14H,3-5,7H2,1-2H3,(H,15,16). The summed E-state index contributed by atoms with van der Waals surface area (Å²) >= 11 is 1.50. The Morgan fingerprint density at radius 2 is 2.40 bits per heavy atom. The smallest absolute Gasteiger partial charge is 0.225 e. The van der Waals surface area contributed by atoms with Gasteiger partial charge in [-0.3, -0.25) is 9.69 Å². The van der Waals surface area contributed by atoms with Crippen LogP contribution >= 0.6 is 11.3 Å². The molecule has 1 amide bonds. The van der Waals surface area contributed by atoms with Gasteiger partial charge in [-0.2, -0.15) is 0 Å². The quantitative estimate of drug-likeness (QED) is 0.760. The highest BCUT2D eigenvalue weighted by Crippen LogP contribution is 2.20. The summed E-state index contributed by atoms with van der Waals surface area (Å²) in [5, 5.41) is 6.09. The number of aromatic nitrogens is 3. The maximum absolute atomic E-state index is 11.4. The lowest BCUT2D eigenvalue weighted by molar-refractivity contribution is -0.116. The first-order valence-electron chi connectivity index (χ1n) is 6.61. The predicted octanol–water partition coefficient (Wildman–Crippen LogP) is 1.57. The van der Waals surface area contributed by atoms with E-state index in [1.165, 1.54) is 11.3 Å². The van der Waals surface area contributed by atoms with Crippen LogP contribution in [0.15, 0.2) is 17.9 Å². The summed E-state index contributed by atoms with van der Waals surface area (Å²) in [6.07, 6.45) is 4.42. The first kappa shape index (κ1) is 14.7. The monoisotopic (exact) mass is 293 g/mol. The van der Waals surface area contributed by atoms with Gasteiger partial charge in [0.05, 0.1) is 12.0 Å². The number of thiazole rings is 1. The van der Waals surface area contributed by atoms with Gasteiger partial charge in [0.2, 0.25) is 5.91 Å². The molecule has 0 spiro atoms. The number of imidazole rings is 1. The lowest BCUT2D eigenvalue weighted by Gasteiger charge is -2.14. The van der Waals surface area contributed by atoms with E-state index in [2.05, 4.69) is 20.3 Å². The van der Waals surface area contributed by atoms with Crippen molar-refractivity contribution in [3.63, 3.8) is 0 Å². The van der Waals surface area contributed by atoms with Crippen molar-refractivity contribution >= 4 is 22.4 Å². The molecule has 0 saturated carbocycles. The molecular formula is C13H19N5OS. The fourth-order valence-corrected chi connectivity index (χ4v) is 2.79. The zero-order valence-electron chi connectivity index (χ0n) is 11.7. The minimum Gasteiger partial charge on any atom is -0.348 e. The number of anilines is 1. The van der Waals surface area contributed by atoms with Crippen LogP contribution in [-0.4, -0.2) is 33.9 Å². The Balaban J connectivity index is 1.79. The molecule has 0 atom stereocenters. The molecule has 0 aromatic carbocycles. The van der Waals surface area contributed by atoms with Gasteiger partial charge in [0, 0.05) is 50.2 Å². The second kappa shape index (κ2) is 7.16. The third-order valence-electron chi connectivity index (χ3n) is 2.90. The van der Waals surface area contributed by atoms with E-state index in [4.69, 9.17) is 0 Å². The molecule has 2 rings (SSSR count). The Bertz CT molecular complexity index is 537. The van der Waals surface area contributed by atoms with E-state index in [0.717, 1.165) is 29.5 Å². The molecule has 0 saturated heterocycles. The Hall–Kier alpha value is -1.73. The van der Waals surface area contributed by atoms with Crippen molar-refractivity contribution in [1.29, 1.82) is 0 Å². The molecule has 2 aromatic heterocycles. The number of hydrogen-bond donors (Lipinski definition) is 2. The molecule has 0 aliphatic heterocycles. The molecule has 2 aromatic rings. The van der Waals surface area contributed by atoms with E-state index in [0.29, 0.717) is 13.1 Å². The van der Waals surface area contributed by atoms with Crippen LogP contribution in [0.4, 0.5) is 5.13 Å². The minimum absolute atomic E-state index is 0.0283. The summed E-state index contributed by atoms with van der Waals surface area (Å²) in [7, 11) is 0.